The van der Waals surface area contributed by atoms with E-state index in [-0.39, 0.29) is 0 Å². The minimum absolute atomic E-state index is 0.788. The Labute approximate surface area is 192 Å². The summed E-state index contributed by atoms with van der Waals surface area (Å²) in [6.45, 7) is 2.33. The van der Waals surface area contributed by atoms with Gasteiger partial charge in [0.1, 0.15) is 5.75 Å². The molecule has 174 valence electrons. The molecule has 31 heavy (non-hydrogen) atoms. The molecule has 0 aromatic heterocycles. The smallest absolute Gasteiger partial charge is 0.118 e. The minimum atomic E-state index is 0.788. The molecule has 1 aromatic carbocycles. The van der Waals surface area contributed by atoms with Crippen LogP contribution in [0.1, 0.15) is 121 Å². The molecular weight excluding hydrogens is 376 g/mol. The lowest BCUT2D eigenvalue weighted by atomic mass is 9.63. The van der Waals surface area contributed by atoms with Crippen molar-refractivity contribution in [3.63, 3.8) is 0 Å². The first-order valence-corrected chi connectivity index (χ1v) is 13.9. The summed E-state index contributed by atoms with van der Waals surface area (Å²) in [6.07, 6.45) is 23.9. The van der Waals surface area contributed by atoms with E-state index in [0.29, 0.717) is 0 Å². The summed E-state index contributed by atoms with van der Waals surface area (Å²) in [4.78, 5) is 0. The average molecular weight is 425 g/mol. The first-order chi connectivity index (χ1) is 15.2. The van der Waals surface area contributed by atoms with Gasteiger partial charge in [-0.25, -0.2) is 0 Å². The van der Waals surface area contributed by atoms with Crippen molar-refractivity contribution >= 4 is 0 Å². The maximum Gasteiger partial charge on any atom is 0.118 e. The second kappa shape index (κ2) is 11.8. The molecule has 4 atom stereocenters. The lowest BCUT2D eigenvalue weighted by molar-refractivity contribution is 0.108. The van der Waals surface area contributed by atoms with Crippen LogP contribution in [0.15, 0.2) is 24.3 Å². The number of unbranched alkanes of at least 4 members (excludes halogenated alkanes) is 2. The quantitative estimate of drug-likeness (QED) is 0.359. The summed E-state index contributed by atoms with van der Waals surface area (Å²) in [7, 11) is 1.76. The van der Waals surface area contributed by atoms with Crippen molar-refractivity contribution in [2.45, 2.75) is 116 Å². The van der Waals surface area contributed by atoms with Crippen molar-refractivity contribution in [2.75, 3.05) is 7.11 Å². The van der Waals surface area contributed by atoms with Crippen molar-refractivity contribution < 1.29 is 4.74 Å². The van der Waals surface area contributed by atoms with Crippen LogP contribution in [-0.2, 0) is 0 Å². The molecule has 0 radical (unpaired) electrons. The number of benzene rings is 1. The van der Waals surface area contributed by atoms with Gasteiger partial charge in [-0.1, -0.05) is 89.7 Å². The third-order valence-electron chi connectivity index (χ3n) is 9.47. The Morgan fingerprint density at radius 3 is 2.00 bits per heavy atom. The third kappa shape index (κ3) is 6.52. The highest BCUT2D eigenvalue weighted by atomic mass is 16.5. The molecule has 0 spiro atoms. The van der Waals surface area contributed by atoms with Crippen LogP contribution in [0, 0.1) is 29.6 Å². The fourth-order valence-electron chi connectivity index (χ4n) is 7.39. The first kappa shape index (κ1) is 23.2. The molecule has 3 fully saturated rings. The van der Waals surface area contributed by atoms with E-state index < -0.39 is 0 Å². The predicted molar refractivity (Wildman–Crippen MR) is 133 cm³/mol. The summed E-state index contributed by atoms with van der Waals surface area (Å²) in [5, 5.41) is 0. The summed E-state index contributed by atoms with van der Waals surface area (Å²) in [5.41, 5.74) is 1.55. The van der Waals surface area contributed by atoms with Gasteiger partial charge in [-0.3, -0.25) is 0 Å². The van der Waals surface area contributed by atoms with Crippen LogP contribution < -0.4 is 4.74 Å². The SMILES string of the molecule is CCCCCC1CCC(CCC2CCC3CC(c4ccc(OC)cc4)CCC3C2)CC1. The van der Waals surface area contributed by atoms with Gasteiger partial charge in [0.2, 0.25) is 0 Å². The Bertz CT molecular complexity index is 626. The fraction of sp³-hybridized carbons (Fsp3) is 0.800. The van der Waals surface area contributed by atoms with E-state index in [0.717, 1.165) is 41.3 Å². The van der Waals surface area contributed by atoms with Crippen LogP contribution in [0.3, 0.4) is 0 Å². The van der Waals surface area contributed by atoms with Gasteiger partial charge < -0.3 is 4.74 Å². The van der Waals surface area contributed by atoms with E-state index in [1.807, 2.05) is 0 Å². The summed E-state index contributed by atoms with van der Waals surface area (Å²) < 4.78 is 5.35. The molecule has 3 saturated carbocycles. The number of rotatable bonds is 9. The number of hydrogen-bond acceptors (Lipinski definition) is 1. The molecule has 0 N–H and O–H groups in total. The van der Waals surface area contributed by atoms with E-state index in [2.05, 4.69) is 31.2 Å². The van der Waals surface area contributed by atoms with Crippen molar-refractivity contribution in [3.8, 4) is 5.75 Å². The molecule has 4 rings (SSSR count). The molecule has 0 amide bonds. The first-order valence-electron chi connectivity index (χ1n) is 13.9. The lowest BCUT2D eigenvalue weighted by Gasteiger charge is -2.43. The zero-order valence-electron chi connectivity index (χ0n) is 20.5. The fourth-order valence-corrected chi connectivity index (χ4v) is 7.39. The second-order valence-electron chi connectivity index (χ2n) is 11.4. The number of ether oxygens (including phenoxy) is 1. The van der Waals surface area contributed by atoms with Crippen LogP contribution in [0.25, 0.3) is 0 Å². The Morgan fingerprint density at radius 1 is 0.677 bits per heavy atom. The molecule has 0 heterocycles. The minimum Gasteiger partial charge on any atom is -0.497 e. The lowest BCUT2D eigenvalue weighted by Crippen LogP contribution is -2.30. The summed E-state index contributed by atoms with van der Waals surface area (Å²) in [5.74, 6) is 6.98. The maximum absolute atomic E-state index is 5.35. The van der Waals surface area contributed by atoms with Crippen molar-refractivity contribution in [2.24, 2.45) is 29.6 Å². The van der Waals surface area contributed by atoms with Gasteiger partial charge >= 0.3 is 0 Å². The Balaban J connectivity index is 1.15. The summed E-state index contributed by atoms with van der Waals surface area (Å²) >= 11 is 0. The van der Waals surface area contributed by atoms with Crippen molar-refractivity contribution in [3.05, 3.63) is 29.8 Å². The van der Waals surface area contributed by atoms with Crippen molar-refractivity contribution in [1.82, 2.24) is 0 Å². The van der Waals surface area contributed by atoms with Crippen LogP contribution in [0.4, 0.5) is 0 Å². The van der Waals surface area contributed by atoms with E-state index in [9.17, 15) is 0 Å². The van der Waals surface area contributed by atoms with Crippen LogP contribution in [0.2, 0.25) is 0 Å². The Morgan fingerprint density at radius 2 is 1.29 bits per heavy atom. The van der Waals surface area contributed by atoms with Gasteiger partial charge in [0.05, 0.1) is 7.11 Å². The van der Waals surface area contributed by atoms with Crippen LogP contribution in [0.5, 0.6) is 5.75 Å². The standard InChI is InChI=1S/C30H48O/c1-3-4-5-6-23-7-9-24(10-8-23)11-12-25-13-14-29-22-28(16-15-27(29)21-25)26-17-19-30(31-2)20-18-26/h17-20,23-25,27-29H,3-16,21-22H2,1-2H3. The second-order valence-corrected chi connectivity index (χ2v) is 11.4. The molecule has 3 aliphatic carbocycles. The largest absolute Gasteiger partial charge is 0.497 e. The Kier molecular flexibility index (Phi) is 8.79. The summed E-state index contributed by atoms with van der Waals surface area (Å²) in [6, 6.07) is 8.93. The van der Waals surface area contributed by atoms with Crippen molar-refractivity contribution in [1.29, 1.82) is 0 Å². The van der Waals surface area contributed by atoms with E-state index in [1.54, 1.807) is 31.9 Å². The highest BCUT2D eigenvalue weighted by Gasteiger charge is 2.36. The third-order valence-corrected chi connectivity index (χ3v) is 9.47. The highest BCUT2D eigenvalue weighted by molar-refractivity contribution is 5.29. The number of fused-ring (bicyclic) bond motifs is 1. The average Bonchev–Trinajstić information content (AvgIpc) is 2.83. The number of methoxy groups -OCH3 is 1. The Hall–Kier alpha value is -0.980. The molecule has 4 unspecified atom stereocenters. The predicted octanol–water partition coefficient (Wildman–Crippen LogP) is 9.16. The topological polar surface area (TPSA) is 9.23 Å². The zero-order valence-corrected chi connectivity index (χ0v) is 20.5. The monoisotopic (exact) mass is 424 g/mol. The molecule has 3 aliphatic rings. The molecule has 1 aromatic rings. The van der Waals surface area contributed by atoms with Gasteiger partial charge in [0.15, 0.2) is 0 Å². The molecule has 1 nitrogen and oxygen atoms in total. The number of hydrogen-bond donors (Lipinski definition) is 0. The molecular formula is C30H48O. The van der Waals surface area contributed by atoms with E-state index in [4.69, 9.17) is 4.74 Å². The van der Waals surface area contributed by atoms with Gasteiger partial charge in [-0.15, -0.1) is 0 Å². The van der Waals surface area contributed by atoms with Crippen LogP contribution >= 0.6 is 0 Å². The van der Waals surface area contributed by atoms with Gasteiger partial charge in [-0.2, -0.15) is 0 Å². The van der Waals surface area contributed by atoms with E-state index in [1.165, 1.54) is 83.5 Å². The molecule has 1 heteroatoms. The highest BCUT2D eigenvalue weighted by Crippen LogP contribution is 2.49. The van der Waals surface area contributed by atoms with Gasteiger partial charge in [-0.05, 0) is 85.3 Å². The van der Waals surface area contributed by atoms with Gasteiger partial charge in [0, 0.05) is 0 Å². The molecule has 0 aliphatic heterocycles. The molecule has 0 saturated heterocycles. The van der Waals surface area contributed by atoms with E-state index >= 15 is 0 Å². The normalized spacial score (nSPS) is 33.6. The maximum atomic E-state index is 5.35. The molecule has 0 bridgehead atoms. The van der Waals surface area contributed by atoms with Gasteiger partial charge in [0.25, 0.3) is 0 Å². The van der Waals surface area contributed by atoms with Crippen LogP contribution in [-0.4, -0.2) is 7.11 Å². The zero-order chi connectivity index (χ0) is 21.5.